The first-order chi connectivity index (χ1) is 15.4. The van der Waals surface area contributed by atoms with E-state index in [-0.39, 0.29) is 11.8 Å². The van der Waals surface area contributed by atoms with E-state index < -0.39 is 11.7 Å². The van der Waals surface area contributed by atoms with Crippen molar-refractivity contribution in [2.45, 2.75) is 37.8 Å². The summed E-state index contributed by atoms with van der Waals surface area (Å²) in [6.07, 6.45) is 1.59. The predicted molar refractivity (Wildman–Crippen MR) is 116 cm³/mol. The summed E-state index contributed by atoms with van der Waals surface area (Å²) in [5, 5.41) is 0. The number of benzene rings is 2. The van der Waals surface area contributed by atoms with E-state index in [1.54, 1.807) is 12.3 Å². The summed E-state index contributed by atoms with van der Waals surface area (Å²) in [6, 6.07) is 15.0. The van der Waals surface area contributed by atoms with Crippen molar-refractivity contribution in [3.05, 3.63) is 83.8 Å². The van der Waals surface area contributed by atoms with E-state index >= 15 is 0 Å². The Bertz CT molecular complexity index is 1070. The number of likely N-dealkylation sites (tertiary alicyclic amines) is 1. The molecule has 32 heavy (non-hydrogen) atoms. The van der Waals surface area contributed by atoms with Gasteiger partial charge in [0.2, 0.25) is 5.91 Å². The fourth-order valence-corrected chi connectivity index (χ4v) is 4.07. The summed E-state index contributed by atoms with van der Waals surface area (Å²) in [5.74, 6) is 0.128. The molecule has 1 fully saturated rings. The van der Waals surface area contributed by atoms with Crippen LogP contribution in [-0.4, -0.2) is 33.9 Å². The summed E-state index contributed by atoms with van der Waals surface area (Å²) >= 11 is 0. The van der Waals surface area contributed by atoms with E-state index in [0.29, 0.717) is 42.9 Å². The minimum atomic E-state index is -4.41. The molecule has 0 radical (unpaired) electrons. The van der Waals surface area contributed by atoms with Crippen LogP contribution in [0.3, 0.4) is 0 Å². The lowest BCUT2D eigenvalue weighted by molar-refractivity contribution is -0.137. The monoisotopic (exact) mass is 439 g/mol. The highest BCUT2D eigenvalue weighted by Crippen LogP contribution is 2.32. The van der Waals surface area contributed by atoms with Gasteiger partial charge in [-0.25, -0.2) is 4.98 Å². The van der Waals surface area contributed by atoms with Crippen molar-refractivity contribution >= 4 is 5.91 Å². The van der Waals surface area contributed by atoms with Crippen molar-refractivity contribution < 1.29 is 18.0 Å². The minimum absolute atomic E-state index is 0.0164. The quantitative estimate of drug-likeness (QED) is 0.527. The number of rotatable bonds is 5. The maximum Gasteiger partial charge on any atom is 0.416 e. The van der Waals surface area contributed by atoms with Crippen molar-refractivity contribution in [2.75, 3.05) is 13.1 Å². The fraction of sp³-hybridized carbons (Fsp3) is 0.320. The molecule has 1 atom stereocenters. The highest BCUT2D eigenvalue weighted by Gasteiger charge is 2.31. The van der Waals surface area contributed by atoms with Gasteiger partial charge >= 0.3 is 6.18 Å². The van der Waals surface area contributed by atoms with Gasteiger partial charge in [-0.1, -0.05) is 42.5 Å². The normalized spacial score (nSPS) is 16.7. The number of carbonyl (C=O) groups is 1. The molecule has 1 aromatic heterocycles. The van der Waals surface area contributed by atoms with Crippen LogP contribution in [0.4, 0.5) is 13.2 Å². The van der Waals surface area contributed by atoms with Gasteiger partial charge in [0.05, 0.1) is 23.1 Å². The Morgan fingerprint density at radius 2 is 1.88 bits per heavy atom. The number of aromatic nitrogens is 2. The first kappa shape index (κ1) is 22.0. The lowest BCUT2D eigenvalue weighted by Gasteiger charge is -2.32. The molecule has 0 bridgehead atoms. The van der Waals surface area contributed by atoms with Crippen LogP contribution in [0, 0.1) is 0 Å². The number of hydrogen-bond donors (Lipinski definition) is 0. The standard InChI is InChI=1S/C25H24F3N3O/c26-25(27,28)21-10-4-8-19(14-21)22-15-29-16-23(30-22)20-9-5-13-31(17-20)24(32)12-11-18-6-2-1-3-7-18/h1-4,6-8,10,14-16,20H,5,9,11-13,17H2/t20-/m1/s1. The van der Waals surface area contributed by atoms with Crippen LogP contribution in [0.1, 0.15) is 42.0 Å². The smallest absolute Gasteiger partial charge is 0.342 e. The minimum Gasteiger partial charge on any atom is -0.342 e. The highest BCUT2D eigenvalue weighted by atomic mass is 19.4. The molecule has 0 spiro atoms. The molecule has 0 N–H and O–H groups in total. The van der Waals surface area contributed by atoms with Gasteiger partial charge in [-0.3, -0.25) is 9.78 Å². The molecular formula is C25H24F3N3O. The van der Waals surface area contributed by atoms with Gasteiger partial charge in [0.25, 0.3) is 0 Å². The summed E-state index contributed by atoms with van der Waals surface area (Å²) in [4.78, 5) is 23.5. The third kappa shape index (κ3) is 5.33. The number of nitrogens with zero attached hydrogens (tertiary/aromatic N) is 3. The average Bonchev–Trinajstić information content (AvgIpc) is 2.83. The van der Waals surface area contributed by atoms with E-state index in [4.69, 9.17) is 0 Å². The second kappa shape index (κ2) is 9.51. The molecule has 1 saturated heterocycles. The Hall–Kier alpha value is -3.22. The maximum absolute atomic E-state index is 13.1. The van der Waals surface area contributed by atoms with E-state index in [9.17, 15) is 18.0 Å². The Morgan fingerprint density at radius 1 is 1.06 bits per heavy atom. The first-order valence-corrected chi connectivity index (χ1v) is 10.7. The number of piperidine rings is 1. The molecule has 7 heteroatoms. The van der Waals surface area contributed by atoms with Gasteiger partial charge in [0.15, 0.2) is 0 Å². The van der Waals surface area contributed by atoms with Gasteiger partial charge in [-0.15, -0.1) is 0 Å². The van der Waals surface area contributed by atoms with Crippen LogP contribution in [0.5, 0.6) is 0 Å². The number of carbonyl (C=O) groups excluding carboxylic acids is 1. The van der Waals surface area contributed by atoms with Crippen LogP contribution in [0.15, 0.2) is 67.0 Å². The lowest BCUT2D eigenvalue weighted by atomic mass is 9.94. The van der Waals surface area contributed by atoms with Crippen LogP contribution < -0.4 is 0 Å². The molecule has 4 rings (SSSR count). The van der Waals surface area contributed by atoms with Crippen LogP contribution in [0.2, 0.25) is 0 Å². The highest BCUT2D eigenvalue weighted by molar-refractivity contribution is 5.76. The number of alkyl halides is 3. The van der Waals surface area contributed by atoms with E-state index in [1.165, 1.54) is 12.3 Å². The van der Waals surface area contributed by atoms with Crippen molar-refractivity contribution in [1.29, 1.82) is 0 Å². The van der Waals surface area contributed by atoms with Crippen molar-refractivity contribution in [3.63, 3.8) is 0 Å². The molecule has 0 unspecified atom stereocenters. The van der Waals surface area contributed by atoms with Crippen molar-refractivity contribution in [2.24, 2.45) is 0 Å². The second-order valence-corrected chi connectivity index (χ2v) is 8.07. The van der Waals surface area contributed by atoms with Crippen LogP contribution >= 0.6 is 0 Å². The third-order valence-corrected chi connectivity index (χ3v) is 5.80. The summed E-state index contributed by atoms with van der Waals surface area (Å²) < 4.78 is 39.2. The summed E-state index contributed by atoms with van der Waals surface area (Å²) in [7, 11) is 0. The zero-order chi connectivity index (χ0) is 22.6. The Morgan fingerprint density at radius 3 is 2.66 bits per heavy atom. The molecular weight excluding hydrogens is 415 g/mol. The average molecular weight is 439 g/mol. The van der Waals surface area contributed by atoms with Gasteiger partial charge in [0.1, 0.15) is 0 Å². The fourth-order valence-electron chi connectivity index (χ4n) is 4.07. The molecule has 3 aromatic rings. The molecule has 0 aliphatic carbocycles. The molecule has 2 heterocycles. The Balaban J connectivity index is 1.45. The van der Waals surface area contributed by atoms with Crippen LogP contribution in [-0.2, 0) is 17.4 Å². The Labute approximate surface area is 185 Å². The largest absolute Gasteiger partial charge is 0.416 e. The Kier molecular flexibility index (Phi) is 6.53. The summed E-state index contributed by atoms with van der Waals surface area (Å²) in [5.41, 5.74) is 1.91. The molecule has 1 aliphatic heterocycles. The molecule has 1 aliphatic rings. The lowest BCUT2D eigenvalue weighted by Crippen LogP contribution is -2.39. The zero-order valence-corrected chi connectivity index (χ0v) is 17.6. The molecule has 2 aromatic carbocycles. The second-order valence-electron chi connectivity index (χ2n) is 8.07. The van der Waals surface area contributed by atoms with E-state index in [1.807, 2.05) is 35.2 Å². The van der Waals surface area contributed by atoms with Gasteiger partial charge in [-0.2, -0.15) is 13.2 Å². The van der Waals surface area contributed by atoms with E-state index in [0.717, 1.165) is 30.5 Å². The van der Waals surface area contributed by atoms with Gasteiger partial charge in [-0.05, 0) is 37.0 Å². The number of hydrogen-bond acceptors (Lipinski definition) is 3. The number of halogens is 3. The molecule has 0 saturated carbocycles. The zero-order valence-electron chi connectivity index (χ0n) is 17.6. The number of aryl methyl sites for hydroxylation is 1. The van der Waals surface area contributed by atoms with Crippen molar-refractivity contribution in [1.82, 2.24) is 14.9 Å². The number of amides is 1. The molecule has 166 valence electrons. The topological polar surface area (TPSA) is 46.1 Å². The SMILES string of the molecule is O=C(CCc1ccccc1)N1CCC[C@@H](c2cncc(-c3cccc(C(F)(F)F)c3)n2)C1. The first-order valence-electron chi connectivity index (χ1n) is 10.7. The van der Waals surface area contributed by atoms with Crippen LogP contribution in [0.25, 0.3) is 11.3 Å². The van der Waals surface area contributed by atoms with Crippen molar-refractivity contribution in [3.8, 4) is 11.3 Å². The van der Waals surface area contributed by atoms with Gasteiger partial charge < -0.3 is 4.90 Å². The molecule has 1 amide bonds. The van der Waals surface area contributed by atoms with Gasteiger partial charge in [0, 0.05) is 37.2 Å². The maximum atomic E-state index is 13.1. The predicted octanol–water partition coefficient (Wildman–Crippen LogP) is 5.50. The molecule has 4 nitrogen and oxygen atoms in total. The van der Waals surface area contributed by atoms with E-state index in [2.05, 4.69) is 9.97 Å². The third-order valence-electron chi connectivity index (χ3n) is 5.80. The summed E-state index contributed by atoms with van der Waals surface area (Å²) in [6.45, 7) is 1.26.